The predicted octanol–water partition coefficient (Wildman–Crippen LogP) is 14.5. The summed E-state index contributed by atoms with van der Waals surface area (Å²) in [5.41, 5.74) is 16.0. The maximum absolute atomic E-state index is 3.87. The van der Waals surface area contributed by atoms with Gasteiger partial charge in [0.15, 0.2) is 0 Å². The molecule has 0 radical (unpaired) electrons. The van der Waals surface area contributed by atoms with Gasteiger partial charge in [-0.1, -0.05) is 153 Å². The highest BCUT2D eigenvalue weighted by atomic mass is 14.1. The Morgan fingerprint density at radius 1 is 0.609 bits per heavy atom. The van der Waals surface area contributed by atoms with Crippen molar-refractivity contribution in [3.8, 4) is 11.1 Å². The van der Waals surface area contributed by atoms with Gasteiger partial charge in [0, 0.05) is 0 Å². The molecule has 2 aromatic rings. The average Bonchev–Trinajstić information content (AvgIpc) is 3.07. The van der Waals surface area contributed by atoms with E-state index in [1.807, 2.05) is 26.0 Å². The van der Waals surface area contributed by atoms with Crippen LogP contribution < -0.4 is 0 Å². The van der Waals surface area contributed by atoms with Gasteiger partial charge in [-0.3, -0.25) is 0 Å². The van der Waals surface area contributed by atoms with E-state index < -0.39 is 0 Å². The number of benzene rings is 2. The predicted molar refractivity (Wildman–Crippen MR) is 210 cm³/mol. The smallest absolute Gasteiger partial charge is 0.0161 e. The van der Waals surface area contributed by atoms with E-state index in [9.17, 15) is 0 Å². The van der Waals surface area contributed by atoms with E-state index in [2.05, 4.69) is 166 Å². The molecule has 4 rings (SSSR count). The average molecular weight is 613 g/mol. The molecular formula is C46H60. The van der Waals surface area contributed by atoms with Crippen molar-refractivity contribution < 1.29 is 0 Å². The quantitative estimate of drug-likeness (QED) is 0.273. The van der Waals surface area contributed by atoms with Gasteiger partial charge in [-0.15, -0.1) is 0 Å². The van der Waals surface area contributed by atoms with Crippen LogP contribution in [0.1, 0.15) is 92.2 Å². The van der Waals surface area contributed by atoms with E-state index in [0.717, 1.165) is 25.7 Å². The van der Waals surface area contributed by atoms with Crippen LogP contribution in [0.15, 0.2) is 167 Å². The molecule has 0 saturated heterocycles. The minimum atomic E-state index is 1.16. The monoisotopic (exact) mass is 612 g/mol. The zero-order valence-corrected chi connectivity index (χ0v) is 30.6. The van der Waals surface area contributed by atoms with Crippen LogP contribution in [0.5, 0.6) is 0 Å². The van der Waals surface area contributed by atoms with Crippen LogP contribution in [0.2, 0.25) is 0 Å². The van der Waals surface area contributed by atoms with Crippen molar-refractivity contribution >= 4 is 0 Å². The van der Waals surface area contributed by atoms with Crippen molar-refractivity contribution in [1.29, 1.82) is 0 Å². The highest BCUT2D eigenvalue weighted by molar-refractivity contribution is 5.63. The maximum atomic E-state index is 3.87. The molecule has 0 heterocycles. The first-order chi connectivity index (χ1) is 22.2. The van der Waals surface area contributed by atoms with Gasteiger partial charge in [0.05, 0.1) is 0 Å². The molecule has 244 valence electrons. The Kier molecular flexibility index (Phi) is 19.4. The number of hydrogen-bond donors (Lipinski definition) is 0. The second-order valence-corrected chi connectivity index (χ2v) is 11.6. The molecule has 0 heteroatoms. The molecule has 0 nitrogen and oxygen atoms in total. The third-order valence-electron chi connectivity index (χ3n) is 8.00. The Bertz CT molecular complexity index is 1450. The number of rotatable bonds is 7. The fourth-order valence-electron chi connectivity index (χ4n) is 5.29. The summed E-state index contributed by atoms with van der Waals surface area (Å²) in [7, 11) is 0. The lowest BCUT2D eigenvalue weighted by atomic mass is 9.89. The maximum Gasteiger partial charge on any atom is -0.0161 e. The first kappa shape index (κ1) is 39.9. The van der Waals surface area contributed by atoms with Gasteiger partial charge in [0.1, 0.15) is 0 Å². The van der Waals surface area contributed by atoms with Gasteiger partial charge in [0.2, 0.25) is 0 Å². The van der Waals surface area contributed by atoms with Crippen molar-refractivity contribution in [2.75, 3.05) is 0 Å². The molecule has 2 aromatic carbocycles. The van der Waals surface area contributed by atoms with Crippen molar-refractivity contribution in [2.45, 2.75) is 94.9 Å². The van der Waals surface area contributed by atoms with E-state index in [4.69, 9.17) is 0 Å². The largest absolute Gasteiger partial charge is 0.0988 e. The highest BCUT2D eigenvalue weighted by Gasteiger charge is 2.10. The zero-order valence-electron chi connectivity index (χ0n) is 30.6. The summed E-state index contributed by atoms with van der Waals surface area (Å²) >= 11 is 0. The Hall–Kier alpha value is -4.16. The van der Waals surface area contributed by atoms with Gasteiger partial charge in [-0.25, -0.2) is 0 Å². The second kappa shape index (κ2) is 22.4. The van der Waals surface area contributed by atoms with Crippen LogP contribution in [0.3, 0.4) is 0 Å². The van der Waals surface area contributed by atoms with Crippen molar-refractivity contribution in [2.24, 2.45) is 0 Å². The topological polar surface area (TPSA) is 0 Å². The van der Waals surface area contributed by atoms with Crippen molar-refractivity contribution in [1.82, 2.24) is 0 Å². The molecular weight excluding hydrogens is 553 g/mol. The first-order valence-electron chi connectivity index (χ1n) is 17.0. The highest BCUT2D eigenvalue weighted by Crippen LogP contribution is 2.29. The lowest BCUT2D eigenvalue weighted by molar-refractivity contribution is 0.943. The molecule has 0 fully saturated rings. The summed E-state index contributed by atoms with van der Waals surface area (Å²) in [6.07, 6.45) is 26.0. The van der Waals surface area contributed by atoms with Crippen LogP contribution in [-0.2, 0) is 0 Å². The second-order valence-electron chi connectivity index (χ2n) is 11.6. The van der Waals surface area contributed by atoms with E-state index in [0.29, 0.717) is 0 Å². The summed E-state index contributed by atoms with van der Waals surface area (Å²) in [5.74, 6) is 0. The molecule has 46 heavy (non-hydrogen) atoms. The fraction of sp³-hybridized carbons (Fsp3) is 0.304. The molecule has 0 atom stereocenters. The van der Waals surface area contributed by atoms with E-state index >= 15 is 0 Å². The SMILES string of the molecule is C=C/C(C)=C(\C=C)C1=C(C)CCC=C1.CC.C\C=C/C(C)=C(\C=C/C)C1=C(C)C=CCC1.Cc1ccc(-c2ccc(C)cc2)cc1. The number of allylic oxidation sites excluding steroid dienone is 18. The summed E-state index contributed by atoms with van der Waals surface area (Å²) in [6.45, 7) is 28.7. The summed E-state index contributed by atoms with van der Waals surface area (Å²) in [6, 6.07) is 17.3. The molecule has 0 bridgehead atoms. The van der Waals surface area contributed by atoms with Crippen LogP contribution in [-0.4, -0.2) is 0 Å². The third-order valence-corrected chi connectivity index (χ3v) is 8.00. The van der Waals surface area contributed by atoms with E-state index in [1.54, 1.807) is 0 Å². The minimum absolute atomic E-state index is 1.16. The molecule has 2 aliphatic rings. The molecule has 0 N–H and O–H groups in total. The Morgan fingerprint density at radius 2 is 1.11 bits per heavy atom. The van der Waals surface area contributed by atoms with Gasteiger partial charge in [0.25, 0.3) is 0 Å². The molecule has 2 aliphatic carbocycles. The molecule has 0 amide bonds. The van der Waals surface area contributed by atoms with Crippen LogP contribution in [0, 0.1) is 13.8 Å². The normalized spacial score (nSPS) is 15.2. The standard InChI is InChI=1S/C16H22.C14H14.C14H18.C2H6/c1-5-9-13(3)15(10-6-2)16-12-8-7-11-14(16)4;1-11-3-7-13(8-4-11)14-9-5-12(2)6-10-14;1-5-11(3)13(6-2)14-10-8-7-9-12(14)4;1-2/h5-7,9-11H,8,12H2,1-4H3;3-10H,1-2H3;5-6,8,10H,1-2,7,9H2,3-4H3;1-2H3/b9-5-,10-6-,15-13+;;13-11+;. The summed E-state index contributed by atoms with van der Waals surface area (Å²) < 4.78 is 0. The van der Waals surface area contributed by atoms with Crippen molar-refractivity contribution in [3.63, 3.8) is 0 Å². The van der Waals surface area contributed by atoms with Crippen LogP contribution in [0.25, 0.3) is 11.1 Å². The summed E-state index contributed by atoms with van der Waals surface area (Å²) in [5, 5.41) is 0. The van der Waals surface area contributed by atoms with Crippen molar-refractivity contribution in [3.05, 3.63) is 178 Å². The van der Waals surface area contributed by atoms with Gasteiger partial charge in [-0.05, 0) is 131 Å². The van der Waals surface area contributed by atoms with Gasteiger partial charge < -0.3 is 0 Å². The fourth-order valence-corrected chi connectivity index (χ4v) is 5.29. The van der Waals surface area contributed by atoms with Gasteiger partial charge in [-0.2, -0.15) is 0 Å². The minimum Gasteiger partial charge on any atom is -0.0988 e. The third kappa shape index (κ3) is 13.1. The molecule has 0 saturated carbocycles. The molecule has 0 aromatic heterocycles. The molecule has 0 unspecified atom stereocenters. The summed E-state index contributed by atoms with van der Waals surface area (Å²) in [4.78, 5) is 0. The first-order valence-corrected chi connectivity index (χ1v) is 17.0. The van der Waals surface area contributed by atoms with Gasteiger partial charge >= 0.3 is 0 Å². The van der Waals surface area contributed by atoms with Crippen LogP contribution in [0.4, 0.5) is 0 Å². The lowest BCUT2D eigenvalue weighted by Crippen LogP contribution is -1.97. The number of hydrogen-bond acceptors (Lipinski definition) is 0. The Balaban J connectivity index is 0.000000336. The molecule has 0 spiro atoms. The molecule has 0 aliphatic heterocycles. The zero-order chi connectivity index (χ0) is 34.5. The Labute approximate surface area is 283 Å². The lowest BCUT2D eigenvalue weighted by Gasteiger charge is -2.16. The number of aryl methyl sites for hydroxylation is 2. The van der Waals surface area contributed by atoms with Crippen LogP contribution >= 0.6 is 0 Å². The Morgan fingerprint density at radius 3 is 1.54 bits per heavy atom. The van der Waals surface area contributed by atoms with E-state index in [-0.39, 0.29) is 0 Å². The van der Waals surface area contributed by atoms with E-state index in [1.165, 1.54) is 66.8 Å².